The maximum absolute atomic E-state index is 13.6. The molecular formula is C41H51N7O8. The number of nitrogens with zero attached hydrogens (tertiary/aromatic N) is 2. The Morgan fingerprint density at radius 1 is 0.750 bits per heavy atom. The number of aliphatic imine (C=N–C) groups is 1. The van der Waals surface area contributed by atoms with Gasteiger partial charge in [-0.05, 0) is 70.8 Å². The van der Waals surface area contributed by atoms with Gasteiger partial charge in [-0.1, -0.05) is 71.0 Å². The van der Waals surface area contributed by atoms with Crippen molar-refractivity contribution >= 4 is 47.0 Å². The Balaban J connectivity index is 1.67. The van der Waals surface area contributed by atoms with E-state index in [0.29, 0.717) is 33.8 Å². The molecule has 3 aromatic carbocycles. The average molecular weight is 770 g/mol. The molecule has 0 aliphatic carbocycles. The lowest BCUT2D eigenvalue weighted by atomic mass is 9.91. The molecule has 3 rings (SSSR count). The number of nitriles is 1. The summed E-state index contributed by atoms with van der Waals surface area (Å²) in [5.74, 6) is -3.27. The van der Waals surface area contributed by atoms with Crippen LogP contribution >= 0.6 is 0 Å². The van der Waals surface area contributed by atoms with Gasteiger partial charge in [0.15, 0.2) is 0 Å². The van der Waals surface area contributed by atoms with Crippen LogP contribution in [0.15, 0.2) is 77.8 Å². The summed E-state index contributed by atoms with van der Waals surface area (Å²) in [5, 5.41) is 43.1. The lowest BCUT2D eigenvalue weighted by Gasteiger charge is -2.24. The zero-order chi connectivity index (χ0) is 41.4. The molecule has 56 heavy (non-hydrogen) atoms. The number of amides is 3. The number of nitrogens with one attached hydrogen (secondary N) is 5. The molecule has 3 aromatic rings. The lowest BCUT2D eigenvalue weighted by molar-refractivity contribution is -0.142. The molecule has 0 aliphatic rings. The number of carboxylic acids is 2. The Morgan fingerprint density at radius 3 is 1.71 bits per heavy atom. The van der Waals surface area contributed by atoms with Crippen molar-refractivity contribution in [2.24, 2.45) is 16.3 Å². The number of carbonyl (C=O) groups is 5. The number of carbonyl (C=O) groups excluding carboxylic acids is 3. The smallest absolute Gasteiger partial charge is 0.326 e. The maximum atomic E-state index is 13.6. The molecule has 0 spiro atoms. The molecule has 0 aromatic heterocycles. The fourth-order valence-corrected chi connectivity index (χ4v) is 5.72. The molecule has 7 N–H and O–H groups in total. The molecule has 15 nitrogen and oxygen atoms in total. The van der Waals surface area contributed by atoms with Gasteiger partial charge in [-0.25, -0.2) is 9.59 Å². The van der Waals surface area contributed by atoms with Gasteiger partial charge >= 0.3 is 11.9 Å². The second-order valence-electron chi connectivity index (χ2n) is 14.9. The van der Waals surface area contributed by atoms with Gasteiger partial charge in [-0.2, -0.15) is 5.26 Å². The summed E-state index contributed by atoms with van der Waals surface area (Å²) < 4.78 is 5.17. The molecule has 0 fully saturated rings. The monoisotopic (exact) mass is 769 g/mol. The Bertz CT molecular complexity index is 1900. The number of guanidine groups is 1. The summed E-state index contributed by atoms with van der Waals surface area (Å²) >= 11 is 0. The average Bonchev–Trinajstić information content (AvgIpc) is 3.11. The minimum atomic E-state index is -1.40. The Hall–Kier alpha value is -6.43. The van der Waals surface area contributed by atoms with E-state index in [0.717, 1.165) is 0 Å². The number of ether oxygens (including phenoxy) is 1. The molecule has 0 aliphatic heterocycles. The fraction of sp³-hybridized carbons (Fsp3) is 0.390. The first-order valence-corrected chi connectivity index (χ1v) is 18.1. The first-order valence-electron chi connectivity index (χ1n) is 18.1. The summed E-state index contributed by atoms with van der Waals surface area (Å²) in [5.41, 5.74) is 2.53. The predicted molar refractivity (Wildman–Crippen MR) is 212 cm³/mol. The third-order valence-corrected chi connectivity index (χ3v) is 8.36. The highest BCUT2D eigenvalue weighted by Gasteiger charge is 2.29. The van der Waals surface area contributed by atoms with Crippen molar-refractivity contribution in [3.63, 3.8) is 0 Å². The van der Waals surface area contributed by atoms with Gasteiger partial charge in [0.2, 0.25) is 29.9 Å². The van der Waals surface area contributed by atoms with Crippen LogP contribution < -0.4 is 31.3 Å². The van der Waals surface area contributed by atoms with E-state index in [1.807, 2.05) is 34.6 Å². The van der Waals surface area contributed by atoms with Gasteiger partial charge in [-0.3, -0.25) is 14.4 Å². The van der Waals surface area contributed by atoms with Crippen LogP contribution in [0.4, 0.5) is 11.4 Å². The topological polar surface area (TPSA) is 231 Å². The number of rotatable bonds is 18. The number of benzene rings is 3. The van der Waals surface area contributed by atoms with Crippen LogP contribution in [0.25, 0.3) is 0 Å². The molecular weight excluding hydrogens is 718 g/mol. The fourth-order valence-electron chi connectivity index (χ4n) is 5.72. The van der Waals surface area contributed by atoms with Gasteiger partial charge < -0.3 is 41.5 Å². The molecule has 3 amide bonds. The van der Waals surface area contributed by atoms with Crippen LogP contribution in [0.2, 0.25) is 0 Å². The molecule has 0 saturated heterocycles. The Labute approximate surface area is 326 Å². The number of hydrogen-bond donors (Lipinski definition) is 7. The Morgan fingerprint density at radius 2 is 1.25 bits per heavy atom. The summed E-state index contributed by atoms with van der Waals surface area (Å²) in [6.45, 7) is 9.33. The number of hydrogen-bond acceptors (Lipinski definition) is 8. The largest absolute Gasteiger partial charge is 0.497 e. The number of carboxylic acid groups (broad SMARTS) is 2. The molecule has 0 bridgehead atoms. The van der Waals surface area contributed by atoms with E-state index in [9.17, 15) is 34.2 Å². The molecule has 0 radical (unpaired) electrons. The van der Waals surface area contributed by atoms with E-state index in [4.69, 9.17) is 10.00 Å². The summed E-state index contributed by atoms with van der Waals surface area (Å²) in [6.07, 6.45) is 1.77. The zero-order valence-corrected chi connectivity index (χ0v) is 32.5. The van der Waals surface area contributed by atoms with E-state index < -0.39 is 47.8 Å². The van der Waals surface area contributed by atoms with Crippen molar-refractivity contribution < 1.29 is 38.9 Å². The van der Waals surface area contributed by atoms with Crippen molar-refractivity contribution in [1.29, 1.82) is 5.26 Å². The van der Waals surface area contributed by atoms with Crippen molar-refractivity contribution in [3.05, 3.63) is 89.5 Å². The molecule has 3 unspecified atom stereocenters. The first kappa shape index (κ1) is 44.0. The standard InChI is InChI=1S/C41H51N7O8/c1-25(2)19-32(46-35(49)20-26-11-13-29(14-12-26)44-40(43-24-42)45-30-15-17-31(56-6)18-16-30)37(51)48-34(39(54)55)22-28-10-8-7-9-27(28)21-33(38(52)53)47-36(50)23-41(3,4)5/h7-18,25,32-34H,19-23H2,1-6H3,(H,46,49)(H,47,50)(H,48,51)(H,52,53)(H,54,55)(H2,43,44,45). The first-order chi connectivity index (χ1) is 26.5. The van der Waals surface area contributed by atoms with Crippen molar-refractivity contribution in [3.8, 4) is 11.9 Å². The van der Waals surface area contributed by atoms with Crippen LogP contribution in [0.5, 0.6) is 5.75 Å². The molecule has 0 saturated carbocycles. The van der Waals surface area contributed by atoms with Crippen LogP contribution in [-0.4, -0.2) is 71.1 Å². The van der Waals surface area contributed by atoms with Crippen LogP contribution in [0.1, 0.15) is 64.2 Å². The van der Waals surface area contributed by atoms with Gasteiger partial charge in [0.25, 0.3) is 0 Å². The normalized spacial score (nSPS) is 13.0. The minimum absolute atomic E-state index is 0.0300. The third-order valence-electron chi connectivity index (χ3n) is 8.36. The zero-order valence-electron chi connectivity index (χ0n) is 32.5. The van der Waals surface area contributed by atoms with Crippen LogP contribution in [-0.2, 0) is 43.2 Å². The van der Waals surface area contributed by atoms with Crippen LogP contribution in [0, 0.1) is 22.8 Å². The summed E-state index contributed by atoms with van der Waals surface area (Å²) in [4.78, 5) is 67.6. The second kappa shape index (κ2) is 20.9. The number of aliphatic carboxylic acids is 2. The molecule has 3 atom stereocenters. The minimum Gasteiger partial charge on any atom is -0.497 e. The van der Waals surface area contributed by atoms with Crippen molar-refractivity contribution in [1.82, 2.24) is 16.0 Å². The van der Waals surface area contributed by atoms with E-state index >= 15 is 0 Å². The lowest BCUT2D eigenvalue weighted by Crippen LogP contribution is -2.53. The SMILES string of the molecule is COc1ccc(NC(=NC#N)Nc2ccc(CC(=O)NC(CC(C)C)C(=O)NC(Cc3ccccc3CC(NC(=O)CC(C)(C)C)C(=O)O)C(=O)O)cc2)cc1. The van der Waals surface area contributed by atoms with Crippen molar-refractivity contribution in [2.75, 3.05) is 17.7 Å². The van der Waals surface area contributed by atoms with Gasteiger partial charge in [0.05, 0.1) is 13.5 Å². The predicted octanol–water partition coefficient (Wildman–Crippen LogP) is 4.49. The second-order valence-corrected chi connectivity index (χ2v) is 14.9. The number of anilines is 2. The highest BCUT2D eigenvalue weighted by atomic mass is 16.5. The van der Waals surface area contributed by atoms with E-state index in [1.54, 1.807) is 86.1 Å². The molecule has 15 heteroatoms. The maximum Gasteiger partial charge on any atom is 0.326 e. The summed E-state index contributed by atoms with van der Waals surface area (Å²) in [7, 11) is 1.56. The molecule has 0 heterocycles. The quantitative estimate of drug-likeness (QED) is 0.0541. The van der Waals surface area contributed by atoms with E-state index in [1.165, 1.54) is 0 Å². The van der Waals surface area contributed by atoms with Crippen molar-refractivity contribution in [2.45, 2.75) is 84.8 Å². The third kappa shape index (κ3) is 15.1. The highest BCUT2D eigenvalue weighted by Crippen LogP contribution is 2.20. The van der Waals surface area contributed by atoms with E-state index in [2.05, 4.69) is 31.6 Å². The highest BCUT2D eigenvalue weighted by molar-refractivity contribution is 6.04. The number of methoxy groups -OCH3 is 1. The van der Waals surface area contributed by atoms with Crippen LogP contribution in [0.3, 0.4) is 0 Å². The van der Waals surface area contributed by atoms with Gasteiger partial charge in [0.1, 0.15) is 23.9 Å². The van der Waals surface area contributed by atoms with Gasteiger partial charge in [0, 0.05) is 30.6 Å². The molecule has 298 valence electrons. The van der Waals surface area contributed by atoms with E-state index in [-0.39, 0.29) is 49.4 Å². The summed E-state index contributed by atoms with van der Waals surface area (Å²) in [6, 6.07) is 16.8. The Kier molecular flexibility index (Phi) is 16.4. The van der Waals surface area contributed by atoms with Gasteiger partial charge in [-0.15, -0.1) is 4.99 Å².